The van der Waals surface area contributed by atoms with E-state index in [4.69, 9.17) is 11.6 Å². The maximum absolute atomic E-state index is 5.99. The minimum absolute atomic E-state index is 0.228. The lowest BCUT2D eigenvalue weighted by Gasteiger charge is -2.15. The molecule has 0 aliphatic carbocycles. The molecule has 104 valence electrons. The van der Waals surface area contributed by atoms with Crippen molar-refractivity contribution in [3.05, 3.63) is 32.7 Å². The minimum atomic E-state index is 0.228. The topological polar surface area (TPSA) is 29.9 Å². The summed E-state index contributed by atoms with van der Waals surface area (Å²) in [5.74, 6) is 0. The van der Waals surface area contributed by atoms with E-state index in [0.29, 0.717) is 6.04 Å². The van der Waals surface area contributed by atoms with Crippen LogP contribution in [0.1, 0.15) is 49.8 Å². The van der Waals surface area contributed by atoms with Gasteiger partial charge in [-0.05, 0) is 51.6 Å². The Bertz CT molecular complexity index is 571. The summed E-state index contributed by atoms with van der Waals surface area (Å²) in [7, 11) is 0. The predicted octanol–water partition coefficient (Wildman–Crippen LogP) is 4.97. The summed E-state index contributed by atoms with van der Waals surface area (Å²) >= 11 is 7.56. The van der Waals surface area contributed by atoms with Crippen molar-refractivity contribution >= 4 is 28.6 Å². The van der Waals surface area contributed by atoms with Crippen LogP contribution in [0.25, 0.3) is 0 Å². The highest BCUT2D eigenvalue weighted by atomic mass is 35.5. The highest BCUT2D eigenvalue weighted by Gasteiger charge is 2.16. The van der Waals surface area contributed by atoms with Crippen LogP contribution in [0, 0.1) is 13.8 Å². The molecule has 2 rings (SSSR count). The van der Waals surface area contributed by atoms with Crippen LogP contribution >= 0.6 is 22.9 Å². The molecule has 5 heteroatoms. The van der Waals surface area contributed by atoms with Gasteiger partial charge in [-0.3, -0.25) is 4.68 Å². The summed E-state index contributed by atoms with van der Waals surface area (Å²) in [6.07, 6.45) is 0. The first-order valence-electron chi connectivity index (χ1n) is 6.46. The molecule has 1 atom stereocenters. The molecule has 1 N–H and O–H groups in total. The van der Waals surface area contributed by atoms with Crippen molar-refractivity contribution in [3.8, 4) is 0 Å². The van der Waals surface area contributed by atoms with Crippen molar-refractivity contribution < 1.29 is 0 Å². The second-order valence-electron chi connectivity index (χ2n) is 5.13. The average Bonchev–Trinajstić information content (AvgIpc) is 2.87. The maximum atomic E-state index is 5.99. The van der Waals surface area contributed by atoms with Crippen molar-refractivity contribution in [2.45, 2.75) is 46.7 Å². The van der Waals surface area contributed by atoms with E-state index in [0.717, 1.165) is 15.7 Å². The molecule has 1 unspecified atom stereocenters. The summed E-state index contributed by atoms with van der Waals surface area (Å²) < 4.78 is 2.89. The van der Waals surface area contributed by atoms with Gasteiger partial charge in [0.2, 0.25) is 0 Å². The van der Waals surface area contributed by atoms with Gasteiger partial charge in [-0.25, -0.2) is 0 Å². The molecule has 0 spiro atoms. The smallest absolute Gasteiger partial charge is 0.0931 e. The molecule has 0 aromatic carbocycles. The Kier molecular flexibility index (Phi) is 4.21. The summed E-state index contributed by atoms with van der Waals surface area (Å²) in [5.41, 5.74) is 4.56. The zero-order valence-electron chi connectivity index (χ0n) is 12.0. The number of nitrogens with zero attached hydrogens (tertiary/aromatic N) is 2. The van der Waals surface area contributed by atoms with Gasteiger partial charge in [0.1, 0.15) is 0 Å². The number of halogens is 1. The first kappa shape index (κ1) is 14.4. The van der Waals surface area contributed by atoms with Crippen LogP contribution in [0.3, 0.4) is 0 Å². The monoisotopic (exact) mass is 297 g/mol. The summed E-state index contributed by atoms with van der Waals surface area (Å²) in [6, 6.07) is 2.62. The molecule has 0 fully saturated rings. The van der Waals surface area contributed by atoms with Gasteiger partial charge in [-0.1, -0.05) is 11.6 Å². The quantitative estimate of drug-likeness (QED) is 0.863. The SMILES string of the molecule is Cc1nn(C(C)C)c(C)c1NC(C)c1csc(Cl)c1. The van der Waals surface area contributed by atoms with Crippen molar-refractivity contribution in [2.24, 2.45) is 0 Å². The number of rotatable bonds is 4. The van der Waals surface area contributed by atoms with Crippen LogP contribution in [0.2, 0.25) is 4.34 Å². The van der Waals surface area contributed by atoms with Gasteiger partial charge >= 0.3 is 0 Å². The van der Waals surface area contributed by atoms with Crippen LogP contribution < -0.4 is 5.32 Å². The summed E-state index contributed by atoms with van der Waals surface area (Å²) in [6.45, 7) is 10.6. The Balaban J connectivity index is 2.24. The highest BCUT2D eigenvalue weighted by Crippen LogP contribution is 2.30. The van der Waals surface area contributed by atoms with Crippen molar-refractivity contribution in [1.29, 1.82) is 0 Å². The van der Waals surface area contributed by atoms with Gasteiger partial charge in [0, 0.05) is 12.1 Å². The molecule has 2 heterocycles. The molecule has 0 bridgehead atoms. The van der Waals surface area contributed by atoms with Gasteiger partial charge in [0.25, 0.3) is 0 Å². The Morgan fingerprint density at radius 1 is 1.32 bits per heavy atom. The van der Waals surface area contributed by atoms with Crippen LogP contribution in [-0.2, 0) is 0 Å². The van der Waals surface area contributed by atoms with Gasteiger partial charge in [-0.2, -0.15) is 5.10 Å². The average molecular weight is 298 g/mol. The molecule has 0 radical (unpaired) electrons. The van der Waals surface area contributed by atoms with E-state index in [1.807, 2.05) is 13.0 Å². The Labute approximate surface area is 123 Å². The lowest BCUT2D eigenvalue weighted by atomic mass is 10.1. The van der Waals surface area contributed by atoms with E-state index >= 15 is 0 Å². The molecular weight excluding hydrogens is 278 g/mol. The molecular formula is C14H20ClN3S. The van der Waals surface area contributed by atoms with Crippen molar-refractivity contribution in [1.82, 2.24) is 9.78 Å². The number of hydrogen-bond donors (Lipinski definition) is 1. The number of anilines is 1. The lowest BCUT2D eigenvalue weighted by Crippen LogP contribution is -2.08. The fraction of sp³-hybridized carbons (Fsp3) is 0.500. The van der Waals surface area contributed by atoms with Crippen LogP contribution in [0.5, 0.6) is 0 Å². The third-order valence-corrected chi connectivity index (χ3v) is 4.37. The molecule has 0 saturated heterocycles. The summed E-state index contributed by atoms with van der Waals surface area (Å²) in [4.78, 5) is 0. The molecule has 3 nitrogen and oxygen atoms in total. The molecule has 0 amide bonds. The van der Waals surface area contributed by atoms with Gasteiger partial charge in [-0.15, -0.1) is 11.3 Å². The van der Waals surface area contributed by atoms with Crippen molar-refractivity contribution in [2.75, 3.05) is 5.32 Å². The Morgan fingerprint density at radius 2 is 2.00 bits per heavy atom. The van der Waals surface area contributed by atoms with E-state index in [9.17, 15) is 0 Å². The normalized spacial score (nSPS) is 13.0. The number of aryl methyl sites for hydroxylation is 1. The molecule has 2 aromatic heterocycles. The van der Waals surface area contributed by atoms with E-state index in [-0.39, 0.29) is 6.04 Å². The first-order chi connectivity index (χ1) is 8.90. The Hall–Kier alpha value is -1.00. The number of nitrogens with one attached hydrogen (secondary N) is 1. The minimum Gasteiger partial charge on any atom is -0.376 e. The first-order valence-corrected chi connectivity index (χ1v) is 7.72. The molecule has 2 aromatic rings. The van der Waals surface area contributed by atoms with Crippen LogP contribution in [0.4, 0.5) is 5.69 Å². The molecule has 0 saturated carbocycles. The molecule has 0 aliphatic heterocycles. The van der Waals surface area contributed by atoms with Crippen LogP contribution in [-0.4, -0.2) is 9.78 Å². The highest BCUT2D eigenvalue weighted by molar-refractivity contribution is 7.14. The van der Waals surface area contributed by atoms with Crippen molar-refractivity contribution in [3.63, 3.8) is 0 Å². The zero-order chi connectivity index (χ0) is 14.2. The van der Waals surface area contributed by atoms with Gasteiger partial charge in [0.05, 0.1) is 21.4 Å². The molecule has 0 aliphatic rings. The fourth-order valence-corrected chi connectivity index (χ4v) is 3.21. The fourth-order valence-electron chi connectivity index (χ4n) is 2.22. The third kappa shape index (κ3) is 2.95. The number of aromatic nitrogens is 2. The van der Waals surface area contributed by atoms with E-state index in [1.165, 1.54) is 11.3 Å². The van der Waals surface area contributed by atoms with Crippen LogP contribution in [0.15, 0.2) is 11.4 Å². The van der Waals surface area contributed by atoms with E-state index in [1.54, 1.807) is 11.3 Å². The third-order valence-electron chi connectivity index (χ3n) is 3.26. The second kappa shape index (κ2) is 5.55. The lowest BCUT2D eigenvalue weighted by molar-refractivity contribution is 0.516. The Morgan fingerprint density at radius 3 is 2.47 bits per heavy atom. The van der Waals surface area contributed by atoms with Gasteiger partial charge < -0.3 is 5.32 Å². The number of thiophene rings is 1. The standard InChI is InChI=1S/C14H20ClN3S/c1-8(2)18-11(5)14(10(4)17-18)16-9(3)12-6-13(15)19-7-12/h6-9,16H,1-5H3. The predicted molar refractivity (Wildman–Crippen MR) is 83.5 cm³/mol. The maximum Gasteiger partial charge on any atom is 0.0931 e. The molecule has 19 heavy (non-hydrogen) atoms. The zero-order valence-corrected chi connectivity index (χ0v) is 13.6. The van der Waals surface area contributed by atoms with Gasteiger partial charge in [0.15, 0.2) is 0 Å². The largest absolute Gasteiger partial charge is 0.376 e. The van der Waals surface area contributed by atoms with E-state index in [2.05, 4.69) is 48.2 Å². The van der Waals surface area contributed by atoms with E-state index < -0.39 is 0 Å². The summed E-state index contributed by atoms with van der Waals surface area (Å²) in [5, 5.41) is 10.2. The number of hydrogen-bond acceptors (Lipinski definition) is 3. The second-order valence-corrected chi connectivity index (χ2v) is 6.68.